The highest BCUT2D eigenvalue weighted by atomic mass is 19.1. The molecule has 1 saturated heterocycles. The molecule has 34 heavy (non-hydrogen) atoms. The number of anilines is 2. The van der Waals surface area contributed by atoms with Gasteiger partial charge in [0, 0.05) is 13.1 Å². The number of aromatic nitrogens is 6. The van der Waals surface area contributed by atoms with E-state index < -0.39 is 0 Å². The predicted molar refractivity (Wildman–Crippen MR) is 128 cm³/mol. The molecule has 0 aliphatic carbocycles. The SMILES string of the molecule is CC1=CC(n2cnc3c(NCc4nc5c(F)c(C)ccc5[nH]4)nc(N4CCOCC4)nc32)=NC1. The fraction of sp³-hybridized carbons (Fsp3) is 0.348. The standard InChI is InChI=1S/C23H24FN9O/c1-13-9-17(25-10-13)33-12-27-20-21(30-23(31-22(20)33)32-5-7-34-8-6-32)26-11-16-28-15-4-3-14(2)18(24)19(15)29-16/h3-4,9,12H,5-8,10-11H2,1-2H3,(H,28,29)(H,26,30,31). The summed E-state index contributed by atoms with van der Waals surface area (Å²) in [5.74, 6) is 2.30. The fourth-order valence-corrected chi connectivity index (χ4v) is 4.19. The Bertz CT molecular complexity index is 1460. The zero-order valence-corrected chi connectivity index (χ0v) is 19.0. The summed E-state index contributed by atoms with van der Waals surface area (Å²) in [5.41, 5.74) is 4.06. The van der Waals surface area contributed by atoms with Gasteiger partial charge in [-0.3, -0.25) is 9.56 Å². The maximum Gasteiger partial charge on any atom is 0.229 e. The van der Waals surface area contributed by atoms with E-state index in [9.17, 15) is 4.39 Å². The third-order valence-electron chi connectivity index (χ3n) is 6.05. The number of ether oxygens (including phenoxy) is 1. The Hall–Kier alpha value is -3.86. The van der Waals surface area contributed by atoms with E-state index in [0.29, 0.717) is 84.7 Å². The highest BCUT2D eigenvalue weighted by molar-refractivity contribution is 6.02. The Labute approximate surface area is 194 Å². The van der Waals surface area contributed by atoms with E-state index in [1.54, 1.807) is 19.3 Å². The number of benzene rings is 1. The van der Waals surface area contributed by atoms with Gasteiger partial charge < -0.3 is 19.9 Å². The molecule has 0 radical (unpaired) electrons. The molecule has 6 rings (SSSR count). The van der Waals surface area contributed by atoms with Gasteiger partial charge in [0.05, 0.1) is 31.8 Å². The first-order chi connectivity index (χ1) is 16.6. The lowest BCUT2D eigenvalue weighted by molar-refractivity contribution is 0.122. The molecule has 174 valence electrons. The van der Waals surface area contributed by atoms with Gasteiger partial charge in [0.25, 0.3) is 0 Å². The minimum Gasteiger partial charge on any atom is -0.378 e. The van der Waals surface area contributed by atoms with Crippen molar-refractivity contribution in [2.75, 3.05) is 43.1 Å². The number of nitrogens with zero attached hydrogens (tertiary/aromatic N) is 7. The van der Waals surface area contributed by atoms with Crippen LogP contribution in [0.4, 0.5) is 16.2 Å². The van der Waals surface area contributed by atoms with Crippen LogP contribution in [-0.4, -0.2) is 68.2 Å². The number of fused-ring (bicyclic) bond motifs is 2. The second kappa shape index (κ2) is 8.17. The molecule has 2 aliphatic heterocycles. The number of hydrogen-bond donors (Lipinski definition) is 2. The molecule has 0 bridgehead atoms. The van der Waals surface area contributed by atoms with Crippen molar-refractivity contribution in [1.82, 2.24) is 29.5 Å². The van der Waals surface area contributed by atoms with Gasteiger partial charge in [-0.1, -0.05) is 6.07 Å². The van der Waals surface area contributed by atoms with Crippen LogP contribution in [0.15, 0.2) is 35.1 Å². The minimum atomic E-state index is -0.307. The molecule has 0 saturated carbocycles. The second-order valence-electron chi connectivity index (χ2n) is 8.55. The van der Waals surface area contributed by atoms with E-state index in [4.69, 9.17) is 14.7 Å². The molecule has 5 heterocycles. The Morgan fingerprint density at radius 3 is 2.76 bits per heavy atom. The number of H-pyrrole nitrogens is 1. The predicted octanol–water partition coefficient (Wildman–Crippen LogP) is 2.81. The van der Waals surface area contributed by atoms with Gasteiger partial charge in [-0.2, -0.15) is 9.97 Å². The molecule has 0 unspecified atom stereocenters. The topological polar surface area (TPSA) is 109 Å². The van der Waals surface area contributed by atoms with E-state index >= 15 is 0 Å². The summed E-state index contributed by atoms with van der Waals surface area (Å²) >= 11 is 0. The lowest BCUT2D eigenvalue weighted by Crippen LogP contribution is -2.37. The summed E-state index contributed by atoms with van der Waals surface area (Å²) in [6.45, 7) is 7.45. The Kier molecular flexibility index (Phi) is 4.98. The van der Waals surface area contributed by atoms with Crippen molar-refractivity contribution in [2.24, 2.45) is 4.99 Å². The van der Waals surface area contributed by atoms with E-state index in [1.165, 1.54) is 5.57 Å². The van der Waals surface area contributed by atoms with Gasteiger partial charge in [-0.15, -0.1) is 0 Å². The minimum absolute atomic E-state index is 0.307. The smallest absolute Gasteiger partial charge is 0.229 e. The van der Waals surface area contributed by atoms with Crippen LogP contribution in [-0.2, 0) is 11.3 Å². The number of halogens is 1. The molecule has 3 aromatic heterocycles. The first-order valence-corrected chi connectivity index (χ1v) is 11.2. The van der Waals surface area contributed by atoms with Gasteiger partial charge in [-0.05, 0) is 37.1 Å². The molecule has 4 aromatic rings. The van der Waals surface area contributed by atoms with Crippen molar-refractivity contribution in [3.8, 4) is 0 Å². The monoisotopic (exact) mass is 461 g/mol. The molecule has 1 fully saturated rings. The lowest BCUT2D eigenvalue weighted by atomic mass is 10.2. The van der Waals surface area contributed by atoms with Crippen molar-refractivity contribution in [3.63, 3.8) is 0 Å². The molecule has 10 nitrogen and oxygen atoms in total. The van der Waals surface area contributed by atoms with E-state index in [1.807, 2.05) is 16.7 Å². The van der Waals surface area contributed by atoms with E-state index in [2.05, 4.69) is 37.1 Å². The van der Waals surface area contributed by atoms with Crippen LogP contribution in [0.2, 0.25) is 0 Å². The van der Waals surface area contributed by atoms with Crippen LogP contribution in [0.3, 0.4) is 0 Å². The molecule has 2 aliphatic rings. The Morgan fingerprint density at radius 2 is 1.97 bits per heavy atom. The average molecular weight is 462 g/mol. The Morgan fingerprint density at radius 1 is 1.12 bits per heavy atom. The van der Waals surface area contributed by atoms with Gasteiger partial charge in [-0.25, -0.2) is 14.4 Å². The maximum atomic E-state index is 14.5. The highest BCUT2D eigenvalue weighted by Crippen LogP contribution is 2.25. The third-order valence-corrected chi connectivity index (χ3v) is 6.05. The van der Waals surface area contributed by atoms with Crippen molar-refractivity contribution in [1.29, 1.82) is 0 Å². The normalized spacial score (nSPS) is 16.4. The van der Waals surface area contributed by atoms with Crippen LogP contribution >= 0.6 is 0 Å². The van der Waals surface area contributed by atoms with Crippen molar-refractivity contribution in [2.45, 2.75) is 20.4 Å². The maximum absolute atomic E-state index is 14.5. The number of morpholine rings is 1. The largest absolute Gasteiger partial charge is 0.378 e. The average Bonchev–Trinajstić information content (AvgIpc) is 3.58. The summed E-state index contributed by atoms with van der Waals surface area (Å²) in [6, 6.07) is 3.58. The number of nitrogens with one attached hydrogen (secondary N) is 2. The first kappa shape index (κ1) is 20.7. The van der Waals surface area contributed by atoms with Crippen molar-refractivity contribution < 1.29 is 9.13 Å². The molecular formula is C23H24FN9O. The highest BCUT2D eigenvalue weighted by Gasteiger charge is 2.21. The summed E-state index contributed by atoms with van der Waals surface area (Å²) in [4.78, 5) is 28.5. The van der Waals surface area contributed by atoms with Crippen LogP contribution in [0, 0.1) is 12.7 Å². The van der Waals surface area contributed by atoms with Crippen LogP contribution in [0.1, 0.15) is 18.3 Å². The molecule has 0 atom stereocenters. The quantitative estimate of drug-likeness (QED) is 0.481. The molecule has 11 heteroatoms. The number of allylic oxidation sites excluding steroid dienone is 1. The summed E-state index contributed by atoms with van der Waals surface area (Å²) < 4.78 is 21.8. The number of aromatic amines is 1. The van der Waals surface area contributed by atoms with Gasteiger partial charge in [0.2, 0.25) is 5.95 Å². The third kappa shape index (κ3) is 3.58. The molecule has 1 aromatic carbocycles. The summed E-state index contributed by atoms with van der Waals surface area (Å²) in [6.07, 6.45) is 3.76. The molecular weight excluding hydrogens is 437 g/mol. The lowest BCUT2D eigenvalue weighted by Gasteiger charge is -2.27. The van der Waals surface area contributed by atoms with Crippen molar-refractivity contribution >= 4 is 39.8 Å². The molecule has 0 amide bonds. The number of hydrogen-bond acceptors (Lipinski definition) is 8. The number of aliphatic imine (C=N–C) groups is 1. The Balaban J connectivity index is 1.38. The summed E-state index contributed by atoms with van der Waals surface area (Å²) in [7, 11) is 0. The number of rotatable bonds is 4. The van der Waals surface area contributed by atoms with E-state index in [0.717, 1.165) is 5.84 Å². The van der Waals surface area contributed by atoms with Crippen LogP contribution < -0.4 is 10.2 Å². The van der Waals surface area contributed by atoms with Crippen LogP contribution in [0.5, 0.6) is 0 Å². The zero-order chi connectivity index (χ0) is 23.2. The zero-order valence-electron chi connectivity index (χ0n) is 19.0. The van der Waals surface area contributed by atoms with Gasteiger partial charge >= 0.3 is 0 Å². The second-order valence-corrected chi connectivity index (χ2v) is 8.55. The fourth-order valence-electron chi connectivity index (χ4n) is 4.19. The number of aryl methyl sites for hydroxylation is 1. The molecule has 0 spiro atoms. The van der Waals surface area contributed by atoms with E-state index in [-0.39, 0.29) is 5.82 Å². The first-order valence-electron chi connectivity index (χ1n) is 11.2. The van der Waals surface area contributed by atoms with Gasteiger partial charge in [0.15, 0.2) is 22.8 Å². The molecule has 2 N–H and O–H groups in total. The summed E-state index contributed by atoms with van der Waals surface area (Å²) in [5, 5.41) is 3.33. The van der Waals surface area contributed by atoms with Crippen LogP contribution in [0.25, 0.3) is 22.2 Å². The van der Waals surface area contributed by atoms with Gasteiger partial charge in [0.1, 0.15) is 23.5 Å². The van der Waals surface area contributed by atoms with Crippen molar-refractivity contribution in [3.05, 3.63) is 47.3 Å². The number of imidazole rings is 2.